The molecule has 0 aliphatic heterocycles. The summed E-state index contributed by atoms with van der Waals surface area (Å²) in [6.07, 6.45) is 0.989. The molecule has 1 nitrogen and oxygen atoms in total. The van der Waals surface area contributed by atoms with E-state index in [9.17, 15) is 0 Å². The second-order valence-electron chi connectivity index (χ2n) is 5.12. The number of hydrogen-bond acceptors (Lipinski definition) is 1. The lowest BCUT2D eigenvalue weighted by atomic mass is 9.94. The van der Waals surface area contributed by atoms with Crippen LogP contribution >= 0.6 is 0 Å². The lowest BCUT2D eigenvalue weighted by molar-refractivity contribution is 0.814. The first-order chi connectivity index (χ1) is 9.88. The summed E-state index contributed by atoms with van der Waals surface area (Å²) < 4.78 is 0. The molecule has 1 heteroatoms. The van der Waals surface area contributed by atoms with Crippen LogP contribution < -0.4 is 5.32 Å². The Morgan fingerprint density at radius 3 is 2.35 bits per heavy atom. The Morgan fingerprint density at radius 2 is 1.55 bits per heavy atom. The van der Waals surface area contributed by atoms with Crippen molar-refractivity contribution in [2.45, 2.75) is 13.0 Å². The van der Waals surface area contributed by atoms with Crippen LogP contribution in [0.5, 0.6) is 0 Å². The van der Waals surface area contributed by atoms with E-state index in [4.69, 9.17) is 0 Å². The second-order valence-corrected chi connectivity index (χ2v) is 5.12. The summed E-state index contributed by atoms with van der Waals surface area (Å²) in [5.74, 6) is 0. The van der Waals surface area contributed by atoms with E-state index in [1.165, 1.54) is 27.5 Å². The zero-order valence-electron chi connectivity index (χ0n) is 11.8. The molecule has 0 bridgehead atoms. The van der Waals surface area contributed by atoms with Gasteiger partial charge in [0.15, 0.2) is 0 Å². The number of rotatable bonds is 4. The van der Waals surface area contributed by atoms with Crippen molar-refractivity contribution in [1.82, 2.24) is 5.32 Å². The Morgan fingerprint density at radius 1 is 0.800 bits per heavy atom. The Labute approximate surface area is 120 Å². The number of benzene rings is 3. The van der Waals surface area contributed by atoms with Gasteiger partial charge in [0.1, 0.15) is 0 Å². The van der Waals surface area contributed by atoms with E-state index in [1.807, 2.05) is 7.05 Å². The lowest BCUT2D eigenvalue weighted by Gasteiger charge is -2.13. The molecule has 0 amide bonds. The van der Waals surface area contributed by atoms with Crippen molar-refractivity contribution >= 4 is 10.8 Å². The molecular weight excluding hydrogens is 242 g/mol. The molecule has 0 heterocycles. The molecule has 0 atom stereocenters. The number of hydrogen-bond donors (Lipinski definition) is 1. The van der Waals surface area contributed by atoms with E-state index in [2.05, 4.69) is 72.0 Å². The second kappa shape index (κ2) is 5.89. The van der Waals surface area contributed by atoms with Crippen LogP contribution in [-0.2, 0) is 13.0 Å². The van der Waals surface area contributed by atoms with Gasteiger partial charge >= 0.3 is 0 Å². The van der Waals surface area contributed by atoms with Crippen LogP contribution in [0.4, 0.5) is 0 Å². The van der Waals surface area contributed by atoms with Crippen LogP contribution in [0.3, 0.4) is 0 Å². The molecule has 0 aromatic heterocycles. The highest BCUT2D eigenvalue weighted by molar-refractivity contribution is 5.86. The van der Waals surface area contributed by atoms with Crippen LogP contribution in [0, 0.1) is 0 Å². The predicted octanol–water partition coefficient (Wildman–Crippen LogP) is 4.15. The first kappa shape index (κ1) is 12.9. The molecule has 0 radical (unpaired) electrons. The fourth-order valence-electron chi connectivity index (χ4n) is 2.75. The summed E-state index contributed by atoms with van der Waals surface area (Å²) in [6.45, 7) is 0.906. The third-order valence-corrected chi connectivity index (χ3v) is 3.73. The summed E-state index contributed by atoms with van der Waals surface area (Å²) in [4.78, 5) is 0. The van der Waals surface area contributed by atoms with Crippen molar-refractivity contribution < 1.29 is 0 Å². The van der Waals surface area contributed by atoms with Gasteiger partial charge in [0.05, 0.1) is 0 Å². The highest BCUT2D eigenvalue weighted by atomic mass is 14.8. The van der Waals surface area contributed by atoms with Crippen LogP contribution in [-0.4, -0.2) is 7.05 Å². The van der Waals surface area contributed by atoms with Crippen LogP contribution in [0.15, 0.2) is 66.7 Å². The zero-order valence-corrected chi connectivity index (χ0v) is 11.8. The van der Waals surface area contributed by atoms with Crippen molar-refractivity contribution in [1.29, 1.82) is 0 Å². The number of nitrogens with one attached hydrogen (secondary N) is 1. The van der Waals surface area contributed by atoms with Gasteiger partial charge in [-0.05, 0) is 40.9 Å². The predicted molar refractivity (Wildman–Crippen MR) is 86.0 cm³/mol. The normalized spacial score (nSPS) is 10.8. The van der Waals surface area contributed by atoms with E-state index < -0.39 is 0 Å². The molecular formula is C19H19N. The van der Waals surface area contributed by atoms with Gasteiger partial charge in [-0.2, -0.15) is 0 Å². The molecule has 1 N–H and O–H groups in total. The molecule has 100 valence electrons. The number of fused-ring (bicyclic) bond motifs is 1. The van der Waals surface area contributed by atoms with E-state index in [-0.39, 0.29) is 0 Å². The smallest absolute Gasteiger partial charge is 0.0211 e. The maximum Gasteiger partial charge on any atom is 0.0211 e. The van der Waals surface area contributed by atoms with Crippen molar-refractivity contribution in [3.63, 3.8) is 0 Å². The summed E-state index contributed by atoms with van der Waals surface area (Å²) in [6, 6.07) is 23.8. The molecule has 0 spiro atoms. The Kier molecular flexibility index (Phi) is 3.80. The summed E-state index contributed by atoms with van der Waals surface area (Å²) in [7, 11) is 2.01. The fourth-order valence-corrected chi connectivity index (χ4v) is 2.75. The largest absolute Gasteiger partial charge is 0.316 e. The molecule has 3 aromatic carbocycles. The molecule has 0 aliphatic carbocycles. The van der Waals surface area contributed by atoms with Crippen LogP contribution in [0.2, 0.25) is 0 Å². The van der Waals surface area contributed by atoms with E-state index in [0.717, 1.165) is 13.0 Å². The van der Waals surface area contributed by atoms with E-state index in [1.54, 1.807) is 0 Å². The average molecular weight is 261 g/mol. The van der Waals surface area contributed by atoms with Gasteiger partial charge < -0.3 is 5.32 Å². The molecule has 20 heavy (non-hydrogen) atoms. The van der Waals surface area contributed by atoms with Gasteiger partial charge in [0.2, 0.25) is 0 Å². The van der Waals surface area contributed by atoms with Crippen molar-refractivity contribution in [2.24, 2.45) is 0 Å². The first-order valence-electron chi connectivity index (χ1n) is 7.06. The first-order valence-corrected chi connectivity index (χ1v) is 7.06. The molecule has 0 aliphatic rings. The third-order valence-electron chi connectivity index (χ3n) is 3.73. The van der Waals surface area contributed by atoms with Gasteiger partial charge in [0, 0.05) is 6.54 Å². The van der Waals surface area contributed by atoms with E-state index >= 15 is 0 Å². The SMILES string of the molecule is CNCc1c(Cc2ccccc2)ccc2ccccc12. The minimum atomic E-state index is 0.906. The summed E-state index contributed by atoms with van der Waals surface area (Å²) in [5.41, 5.74) is 4.18. The Balaban J connectivity index is 2.08. The third kappa shape index (κ3) is 2.59. The monoisotopic (exact) mass is 261 g/mol. The minimum Gasteiger partial charge on any atom is -0.316 e. The van der Waals surface area contributed by atoms with E-state index in [0.29, 0.717) is 0 Å². The van der Waals surface area contributed by atoms with Crippen LogP contribution in [0.1, 0.15) is 16.7 Å². The summed E-state index contributed by atoms with van der Waals surface area (Å²) in [5, 5.41) is 5.97. The molecule has 0 unspecified atom stereocenters. The minimum absolute atomic E-state index is 0.906. The van der Waals surface area contributed by atoms with Gasteiger partial charge in [0.25, 0.3) is 0 Å². The maximum absolute atomic E-state index is 3.30. The van der Waals surface area contributed by atoms with Gasteiger partial charge in [-0.1, -0.05) is 66.7 Å². The highest BCUT2D eigenvalue weighted by Crippen LogP contribution is 2.24. The summed E-state index contributed by atoms with van der Waals surface area (Å²) >= 11 is 0. The lowest BCUT2D eigenvalue weighted by Crippen LogP contribution is -2.08. The van der Waals surface area contributed by atoms with Crippen molar-refractivity contribution in [2.75, 3.05) is 7.05 Å². The molecule has 3 aromatic rings. The highest BCUT2D eigenvalue weighted by Gasteiger charge is 2.07. The maximum atomic E-state index is 3.30. The average Bonchev–Trinajstić information content (AvgIpc) is 2.51. The Hall–Kier alpha value is -2.12. The Bertz CT molecular complexity index is 701. The zero-order chi connectivity index (χ0) is 13.8. The van der Waals surface area contributed by atoms with Gasteiger partial charge in [-0.25, -0.2) is 0 Å². The quantitative estimate of drug-likeness (QED) is 0.744. The molecule has 0 fully saturated rings. The fraction of sp³-hybridized carbons (Fsp3) is 0.158. The molecule has 0 saturated carbocycles. The van der Waals surface area contributed by atoms with Gasteiger partial charge in [-0.15, -0.1) is 0 Å². The van der Waals surface area contributed by atoms with Crippen molar-refractivity contribution in [3.05, 3.63) is 83.4 Å². The van der Waals surface area contributed by atoms with Crippen LogP contribution in [0.25, 0.3) is 10.8 Å². The standard InChI is InChI=1S/C19H19N/c1-20-14-19-17(13-15-7-3-2-4-8-15)12-11-16-9-5-6-10-18(16)19/h2-12,20H,13-14H2,1H3. The van der Waals surface area contributed by atoms with Gasteiger partial charge in [-0.3, -0.25) is 0 Å². The van der Waals surface area contributed by atoms with Crippen molar-refractivity contribution in [3.8, 4) is 0 Å². The topological polar surface area (TPSA) is 12.0 Å². The molecule has 0 saturated heterocycles. The molecule has 3 rings (SSSR count).